The number of hydrogen-bond donors (Lipinski definition) is 0. The fourth-order valence-electron chi connectivity index (χ4n) is 1.64. The predicted molar refractivity (Wildman–Crippen MR) is 80.2 cm³/mol. The van der Waals surface area contributed by atoms with Gasteiger partial charge in [0.25, 0.3) is 0 Å². The summed E-state index contributed by atoms with van der Waals surface area (Å²) in [5.74, 6) is -0.466. The van der Waals surface area contributed by atoms with Crippen LogP contribution < -0.4 is 0 Å². The van der Waals surface area contributed by atoms with Crippen molar-refractivity contribution < 1.29 is 9.53 Å². The number of esters is 1. The summed E-state index contributed by atoms with van der Waals surface area (Å²) < 4.78 is 5.12. The quantitative estimate of drug-likeness (QED) is 0.776. The minimum Gasteiger partial charge on any atom is -0.458 e. The Morgan fingerprint density at radius 2 is 1.75 bits per heavy atom. The van der Waals surface area contributed by atoms with Crippen LogP contribution in [0.3, 0.4) is 0 Å². The van der Waals surface area contributed by atoms with Gasteiger partial charge in [0.15, 0.2) is 0 Å². The number of aromatic nitrogens is 1. The average molecular weight is 310 g/mol. The van der Waals surface area contributed by atoms with E-state index in [4.69, 9.17) is 27.9 Å². The standard InChI is InChI=1S/C15H13Cl2NO2/c1-9(2)20-15(19)13-8-7-12(17)14(18-13)10-3-5-11(16)6-4-10/h3-9H,1-2H3. The molecule has 0 unspecified atom stereocenters. The van der Waals surface area contributed by atoms with Gasteiger partial charge < -0.3 is 4.74 Å². The lowest BCUT2D eigenvalue weighted by Gasteiger charge is -2.09. The minimum atomic E-state index is -0.466. The molecule has 104 valence electrons. The Labute approximate surface area is 127 Å². The fraction of sp³-hybridized carbons (Fsp3) is 0.200. The van der Waals surface area contributed by atoms with Gasteiger partial charge in [0.1, 0.15) is 5.69 Å². The van der Waals surface area contributed by atoms with Crippen LogP contribution in [0.2, 0.25) is 10.0 Å². The zero-order chi connectivity index (χ0) is 14.7. The van der Waals surface area contributed by atoms with E-state index < -0.39 is 5.97 Å². The normalized spacial score (nSPS) is 10.7. The molecule has 0 fully saturated rings. The molecule has 0 aliphatic heterocycles. The molecular weight excluding hydrogens is 297 g/mol. The van der Waals surface area contributed by atoms with Crippen LogP contribution in [0.5, 0.6) is 0 Å². The number of nitrogens with zero attached hydrogens (tertiary/aromatic N) is 1. The summed E-state index contributed by atoms with van der Waals surface area (Å²) in [5, 5.41) is 1.09. The number of ether oxygens (including phenoxy) is 1. The second-order valence-corrected chi connectivity index (χ2v) is 5.33. The first-order valence-corrected chi connectivity index (χ1v) is 6.86. The summed E-state index contributed by atoms with van der Waals surface area (Å²) in [7, 11) is 0. The largest absolute Gasteiger partial charge is 0.458 e. The van der Waals surface area contributed by atoms with Gasteiger partial charge in [-0.1, -0.05) is 35.3 Å². The summed E-state index contributed by atoms with van der Waals surface area (Å²) in [6.45, 7) is 3.57. The van der Waals surface area contributed by atoms with Crippen LogP contribution in [0.25, 0.3) is 11.3 Å². The first-order valence-electron chi connectivity index (χ1n) is 6.11. The first-order chi connectivity index (χ1) is 9.47. The highest BCUT2D eigenvalue weighted by atomic mass is 35.5. The van der Waals surface area contributed by atoms with E-state index in [9.17, 15) is 4.79 Å². The average Bonchev–Trinajstić information content (AvgIpc) is 2.39. The van der Waals surface area contributed by atoms with Gasteiger partial charge in [-0.25, -0.2) is 9.78 Å². The molecule has 2 aromatic rings. The molecule has 5 heteroatoms. The second-order valence-electron chi connectivity index (χ2n) is 4.49. The van der Waals surface area contributed by atoms with E-state index in [0.717, 1.165) is 5.56 Å². The van der Waals surface area contributed by atoms with Gasteiger partial charge in [-0.3, -0.25) is 0 Å². The molecule has 0 saturated carbocycles. The zero-order valence-electron chi connectivity index (χ0n) is 11.1. The molecule has 0 radical (unpaired) electrons. The Bertz CT molecular complexity index is 624. The van der Waals surface area contributed by atoms with Gasteiger partial charge in [0.05, 0.1) is 16.8 Å². The van der Waals surface area contributed by atoms with E-state index in [-0.39, 0.29) is 11.8 Å². The molecule has 1 aromatic heterocycles. The maximum atomic E-state index is 11.9. The third-order valence-electron chi connectivity index (χ3n) is 2.52. The molecule has 0 saturated heterocycles. The summed E-state index contributed by atoms with van der Waals surface area (Å²) in [6, 6.07) is 10.3. The third kappa shape index (κ3) is 3.50. The predicted octanol–water partition coefficient (Wildman–Crippen LogP) is 4.62. The highest BCUT2D eigenvalue weighted by Crippen LogP contribution is 2.27. The number of benzene rings is 1. The van der Waals surface area contributed by atoms with Crippen LogP contribution in [0, 0.1) is 0 Å². The van der Waals surface area contributed by atoms with Crippen LogP contribution in [-0.2, 0) is 4.74 Å². The van der Waals surface area contributed by atoms with Crippen LogP contribution in [0.15, 0.2) is 36.4 Å². The van der Waals surface area contributed by atoms with E-state index >= 15 is 0 Å². The van der Waals surface area contributed by atoms with Crippen molar-refractivity contribution >= 4 is 29.2 Å². The summed E-state index contributed by atoms with van der Waals surface area (Å²) in [6.07, 6.45) is -0.195. The van der Waals surface area contributed by atoms with Gasteiger partial charge in [-0.2, -0.15) is 0 Å². The number of carbonyl (C=O) groups is 1. The number of rotatable bonds is 3. The maximum absolute atomic E-state index is 11.9. The zero-order valence-corrected chi connectivity index (χ0v) is 12.6. The Balaban J connectivity index is 2.38. The van der Waals surface area contributed by atoms with Crippen molar-refractivity contribution in [3.8, 4) is 11.3 Å². The topological polar surface area (TPSA) is 39.2 Å². The third-order valence-corrected chi connectivity index (χ3v) is 3.07. The van der Waals surface area contributed by atoms with Crippen molar-refractivity contribution in [1.82, 2.24) is 4.98 Å². The SMILES string of the molecule is CC(C)OC(=O)c1ccc(Cl)c(-c2ccc(Cl)cc2)n1. The van der Waals surface area contributed by atoms with Crippen molar-refractivity contribution in [1.29, 1.82) is 0 Å². The Morgan fingerprint density at radius 1 is 1.10 bits per heavy atom. The summed E-state index contributed by atoms with van der Waals surface area (Å²) >= 11 is 12.0. The molecular formula is C15H13Cl2NO2. The molecule has 0 amide bonds. The van der Waals surface area contributed by atoms with Gasteiger partial charge in [0, 0.05) is 10.6 Å². The summed E-state index contributed by atoms with van der Waals surface area (Å²) in [4.78, 5) is 16.1. The Hall–Kier alpha value is -1.58. The highest BCUT2D eigenvalue weighted by molar-refractivity contribution is 6.33. The molecule has 3 nitrogen and oxygen atoms in total. The molecule has 0 bridgehead atoms. The number of hydrogen-bond acceptors (Lipinski definition) is 3. The van der Waals surface area contributed by atoms with Gasteiger partial charge in [-0.15, -0.1) is 0 Å². The van der Waals surface area contributed by atoms with Crippen LogP contribution in [-0.4, -0.2) is 17.1 Å². The van der Waals surface area contributed by atoms with E-state index in [1.54, 1.807) is 50.2 Å². The van der Waals surface area contributed by atoms with Gasteiger partial charge in [-0.05, 0) is 38.1 Å². The van der Waals surface area contributed by atoms with Gasteiger partial charge >= 0.3 is 5.97 Å². The van der Waals surface area contributed by atoms with Crippen LogP contribution >= 0.6 is 23.2 Å². The molecule has 0 aliphatic rings. The maximum Gasteiger partial charge on any atom is 0.357 e. The lowest BCUT2D eigenvalue weighted by atomic mass is 10.1. The number of pyridine rings is 1. The van der Waals surface area contributed by atoms with Crippen LogP contribution in [0.4, 0.5) is 0 Å². The lowest BCUT2D eigenvalue weighted by molar-refractivity contribution is 0.0371. The second kappa shape index (κ2) is 6.25. The molecule has 1 heterocycles. The minimum absolute atomic E-state index is 0.195. The van der Waals surface area contributed by atoms with Crippen molar-refractivity contribution in [2.75, 3.05) is 0 Å². The highest BCUT2D eigenvalue weighted by Gasteiger charge is 2.14. The molecule has 1 aromatic carbocycles. The molecule has 0 spiro atoms. The first kappa shape index (κ1) is 14.8. The van der Waals surface area contributed by atoms with E-state index in [1.165, 1.54) is 0 Å². The Kier molecular flexibility index (Phi) is 4.63. The smallest absolute Gasteiger partial charge is 0.357 e. The number of halogens is 2. The van der Waals surface area contributed by atoms with E-state index in [0.29, 0.717) is 15.7 Å². The van der Waals surface area contributed by atoms with E-state index in [1.807, 2.05) is 0 Å². The number of carbonyl (C=O) groups excluding carboxylic acids is 1. The molecule has 0 aliphatic carbocycles. The fourth-order valence-corrected chi connectivity index (χ4v) is 1.98. The lowest BCUT2D eigenvalue weighted by Crippen LogP contribution is -2.13. The summed E-state index contributed by atoms with van der Waals surface area (Å²) in [5.41, 5.74) is 1.55. The van der Waals surface area contributed by atoms with Crippen molar-refractivity contribution in [3.63, 3.8) is 0 Å². The monoisotopic (exact) mass is 309 g/mol. The van der Waals surface area contributed by atoms with Crippen LogP contribution in [0.1, 0.15) is 24.3 Å². The van der Waals surface area contributed by atoms with E-state index in [2.05, 4.69) is 4.98 Å². The van der Waals surface area contributed by atoms with Crippen molar-refractivity contribution in [3.05, 3.63) is 52.1 Å². The molecule has 0 atom stereocenters. The Morgan fingerprint density at radius 3 is 2.35 bits per heavy atom. The molecule has 20 heavy (non-hydrogen) atoms. The molecule has 0 N–H and O–H groups in total. The van der Waals surface area contributed by atoms with Gasteiger partial charge in [0.2, 0.25) is 0 Å². The van der Waals surface area contributed by atoms with Crippen molar-refractivity contribution in [2.45, 2.75) is 20.0 Å². The molecule has 2 rings (SSSR count). The van der Waals surface area contributed by atoms with Crippen molar-refractivity contribution in [2.24, 2.45) is 0 Å².